The second kappa shape index (κ2) is 6.56. The minimum atomic E-state index is -4.64. The van der Waals surface area contributed by atoms with Crippen LogP contribution >= 0.6 is 0 Å². The second-order valence-corrected chi connectivity index (χ2v) is 3.89. The zero-order valence-corrected chi connectivity index (χ0v) is 10.5. The molecule has 1 aromatic carbocycles. The van der Waals surface area contributed by atoms with Crippen LogP contribution in [0.5, 0.6) is 5.75 Å². The summed E-state index contributed by atoms with van der Waals surface area (Å²) in [6.07, 6.45) is -8.91. The van der Waals surface area contributed by atoms with E-state index in [-0.39, 0.29) is 12.0 Å². The van der Waals surface area contributed by atoms with Gasteiger partial charge in [-0.3, -0.25) is 4.79 Å². The molecule has 0 fully saturated rings. The molecule has 1 rings (SSSR count). The van der Waals surface area contributed by atoms with Crippen LogP contribution in [-0.4, -0.2) is 25.6 Å². The number of methoxy groups -OCH3 is 1. The minimum absolute atomic E-state index is 0.0122. The molecule has 2 N–H and O–H groups in total. The number of nitrogens with two attached hydrogens (primary N) is 1. The lowest BCUT2D eigenvalue weighted by Gasteiger charge is -2.21. The summed E-state index contributed by atoms with van der Waals surface area (Å²) in [5.74, 6) is -1.16. The molecule has 1 aromatic rings. The van der Waals surface area contributed by atoms with Crippen LogP contribution in [-0.2, 0) is 9.53 Å². The molecule has 0 spiro atoms. The van der Waals surface area contributed by atoms with Gasteiger partial charge in [0.05, 0.1) is 13.5 Å². The Hall–Kier alpha value is -1.83. The quantitative estimate of drug-likeness (QED) is 0.647. The molecule has 4 nitrogen and oxygen atoms in total. The van der Waals surface area contributed by atoms with Crippen LogP contribution in [0, 0.1) is 0 Å². The number of para-hydroxylation sites is 1. The molecular formula is C12H13F4NO3. The summed E-state index contributed by atoms with van der Waals surface area (Å²) in [6.45, 7) is 0. The summed E-state index contributed by atoms with van der Waals surface area (Å²) >= 11 is 0. The minimum Gasteiger partial charge on any atom is -0.469 e. The molecule has 112 valence electrons. The molecule has 0 aromatic heterocycles. The number of carbonyl (C=O) groups excluding carboxylic acids is 1. The fourth-order valence-corrected chi connectivity index (χ4v) is 1.44. The molecule has 0 aliphatic carbocycles. The largest absolute Gasteiger partial charge is 0.469 e. The molecule has 0 amide bonds. The first-order valence-corrected chi connectivity index (χ1v) is 5.54. The normalized spacial score (nSPS) is 13.2. The number of hydrogen-bond acceptors (Lipinski definition) is 4. The van der Waals surface area contributed by atoms with Gasteiger partial charge in [0.15, 0.2) is 0 Å². The molecule has 0 aliphatic heterocycles. The summed E-state index contributed by atoms with van der Waals surface area (Å²) in [7, 11) is 1.14. The van der Waals surface area contributed by atoms with E-state index in [9.17, 15) is 22.4 Å². The van der Waals surface area contributed by atoms with Gasteiger partial charge in [0.25, 0.3) is 0 Å². The molecule has 0 unspecified atom stereocenters. The van der Waals surface area contributed by atoms with Crippen molar-refractivity contribution in [2.75, 3.05) is 7.11 Å². The van der Waals surface area contributed by atoms with E-state index in [0.717, 1.165) is 13.2 Å². The van der Waals surface area contributed by atoms with Crippen LogP contribution in [0.3, 0.4) is 0 Å². The van der Waals surface area contributed by atoms with Crippen molar-refractivity contribution in [3.05, 3.63) is 29.8 Å². The molecule has 1 atom stereocenters. The predicted octanol–water partition coefficient (Wildman–Crippen LogP) is 2.49. The van der Waals surface area contributed by atoms with Gasteiger partial charge in [0, 0.05) is 11.6 Å². The topological polar surface area (TPSA) is 61.5 Å². The van der Waals surface area contributed by atoms with Crippen LogP contribution in [0.15, 0.2) is 24.3 Å². The molecule has 20 heavy (non-hydrogen) atoms. The third-order valence-corrected chi connectivity index (χ3v) is 2.43. The number of hydrogen-bond donors (Lipinski definition) is 1. The Bertz CT molecular complexity index is 468. The van der Waals surface area contributed by atoms with Crippen LogP contribution < -0.4 is 10.5 Å². The van der Waals surface area contributed by atoms with E-state index in [1.165, 1.54) is 18.2 Å². The highest BCUT2D eigenvalue weighted by atomic mass is 19.3. The Labute approximate surface area is 112 Å². The van der Waals surface area contributed by atoms with E-state index in [2.05, 4.69) is 9.47 Å². The van der Waals surface area contributed by atoms with Crippen LogP contribution in [0.1, 0.15) is 18.0 Å². The van der Waals surface area contributed by atoms with Gasteiger partial charge in [-0.05, 0) is 6.07 Å². The lowest BCUT2D eigenvalue weighted by Crippen LogP contribution is -2.34. The van der Waals surface area contributed by atoms with E-state index < -0.39 is 30.3 Å². The van der Waals surface area contributed by atoms with Crippen LogP contribution in [0.25, 0.3) is 0 Å². The summed E-state index contributed by atoms with van der Waals surface area (Å²) in [4.78, 5) is 11.1. The number of benzene rings is 1. The van der Waals surface area contributed by atoms with Gasteiger partial charge in [-0.25, -0.2) is 0 Å². The van der Waals surface area contributed by atoms with Crippen molar-refractivity contribution >= 4 is 5.97 Å². The zero-order chi connectivity index (χ0) is 15.3. The molecule has 8 heteroatoms. The van der Waals surface area contributed by atoms with Crippen molar-refractivity contribution in [1.82, 2.24) is 0 Å². The van der Waals surface area contributed by atoms with E-state index in [1.54, 1.807) is 0 Å². The van der Waals surface area contributed by atoms with E-state index >= 15 is 0 Å². The smallest absolute Gasteiger partial charge is 0.461 e. The van der Waals surface area contributed by atoms with Crippen molar-refractivity contribution in [3.63, 3.8) is 0 Å². The summed E-state index contributed by atoms with van der Waals surface area (Å²) < 4.78 is 58.4. The van der Waals surface area contributed by atoms with Crippen LogP contribution in [0.2, 0.25) is 0 Å². The maximum Gasteiger partial charge on any atom is 0.461 e. The molecule has 0 radical (unpaired) electrons. The Balaban J connectivity index is 2.96. The van der Waals surface area contributed by atoms with Gasteiger partial charge >= 0.3 is 18.5 Å². The summed E-state index contributed by atoms with van der Waals surface area (Å²) in [5, 5.41) is 0. The average Bonchev–Trinajstić information content (AvgIpc) is 2.38. The maximum atomic E-state index is 12.9. The van der Waals surface area contributed by atoms with E-state index in [4.69, 9.17) is 5.73 Å². The van der Waals surface area contributed by atoms with Gasteiger partial charge < -0.3 is 15.2 Å². The Kier molecular flexibility index (Phi) is 5.32. The SMILES string of the molecule is COC(=O)C[C@@H](N)c1ccccc1OC(F)(F)C(F)F. The number of carbonyl (C=O) groups is 1. The first-order valence-electron chi connectivity index (χ1n) is 5.54. The van der Waals surface area contributed by atoms with Crippen molar-refractivity contribution in [1.29, 1.82) is 0 Å². The van der Waals surface area contributed by atoms with Gasteiger partial charge in [0.2, 0.25) is 0 Å². The lowest BCUT2D eigenvalue weighted by atomic mass is 10.0. The summed E-state index contributed by atoms with van der Waals surface area (Å²) in [6, 6.07) is 4.16. The van der Waals surface area contributed by atoms with Gasteiger partial charge in [0.1, 0.15) is 5.75 Å². The van der Waals surface area contributed by atoms with Gasteiger partial charge in [-0.1, -0.05) is 18.2 Å². The summed E-state index contributed by atoms with van der Waals surface area (Å²) in [5.41, 5.74) is 5.67. The highest BCUT2D eigenvalue weighted by Crippen LogP contribution is 2.32. The highest BCUT2D eigenvalue weighted by Gasteiger charge is 2.44. The zero-order valence-electron chi connectivity index (χ0n) is 10.5. The van der Waals surface area contributed by atoms with Crippen molar-refractivity contribution < 1.29 is 31.8 Å². The Morgan fingerprint density at radius 3 is 2.50 bits per heavy atom. The lowest BCUT2D eigenvalue weighted by molar-refractivity contribution is -0.253. The monoisotopic (exact) mass is 295 g/mol. The predicted molar refractivity (Wildman–Crippen MR) is 61.6 cm³/mol. The number of esters is 1. The molecule has 0 bridgehead atoms. The maximum absolute atomic E-state index is 12.9. The number of halogens is 4. The van der Waals surface area contributed by atoms with Gasteiger partial charge in [-0.2, -0.15) is 17.6 Å². The fourth-order valence-electron chi connectivity index (χ4n) is 1.44. The number of alkyl halides is 4. The van der Waals surface area contributed by atoms with E-state index in [0.29, 0.717) is 0 Å². The average molecular weight is 295 g/mol. The van der Waals surface area contributed by atoms with Crippen molar-refractivity contribution in [2.24, 2.45) is 5.73 Å². The van der Waals surface area contributed by atoms with Crippen molar-refractivity contribution in [2.45, 2.75) is 25.0 Å². The molecule has 0 saturated heterocycles. The van der Waals surface area contributed by atoms with Gasteiger partial charge in [-0.15, -0.1) is 0 Å². The molecule has 0 heterocycles. The Morgan fingerprint density at radius 1 is 1.35 bits per heavy atom. The third-order valence-electron chi connectivity index (χ3n) is 2.43. The van der Waals surface area contributed by atoms with Crippen molar-refractivity contribution in [3.8, 4) is 5.75 Å². The highest BCUT2D eigenvalue weighted by molar-refractivity contribution is 5.70. The number of rotatable bonds is 6. The Morgan fingerprint density at radius 2 is 1.95 bits per heavy atom. The third kappa shape index (κ3) is 4.09. The first kappa shape index (κ1) is 16.2. The molecule has 0 saturated carbocycles. The second-order valence-electron chi connectivity index (χ2n) is 3.89. The standard InChI is InChI=1S/C12H13F4NO3/c1-19-10(18)6-8(17)7-4-2-3-5-9(7)20-12(15,16)11(13)14/h2-5,8,11H,6,17H2,1H3/t8-/m1/s1. The number of ether oxygens (including phenoxy) is 2. The van der Waals surface area contributed by atoms with E-state index in [1.807, 2.05) is 0 Å². The fraction of sp³-hybridized carbons (Fsp3) is 0.417. The first-order chi connectivity index (χ1) is 9.27. The molecule has 0 aliphatic rings. The van der Waals surface area contributed by atoms with Crippen LogP contribution in [0.4, 0.5) is 17.6 Å². The molecular weight excluding hydrogens is 282 g/mol.